The van der Waals surface area contributed by atoms with Crippen molar-refractivity contribution in [1.82, 2.24) is 5.32 Å². The molecule has 9 heteroatoms. The van der Waals surface area contributed by atoms with Gasteiger partial charge in [-0.15, -0.1) is 0 Å². The van der Waals surface area contributed by atoms with Crippen LogP contribution in [0.15, 0.2) is 36.4 Å². The average Bonchev–Trinajstić information content (AvgIpc) is 3.14. The number of carbonyl (C=O) groups excluding carboxylic acids is 1. The summed E-state index contributed by atoms with van der Waals surface area (Å²) in [5, 5.41) is 33.9. The van der Waals surface area contributed by atoms with Crippen molar-refractivity contribution >= 4 is 39.1 Å². The van der Waals surface area contributed by atoms with Crippen LogP contribution in [0.3, 0.4) is 0 Å². The summed E-state index contributed by atoms with van der Waals surface area (Å²) >= 11 is 0. The largest absolute Gasteiger partial charge is 0.595 e. The Morgan fingerprint density at radius 2 is 1.96 bits per heavy atom. The zero-order chi connectivity index (χ0) is 20.0. The van der Waals surface area contributed by atoms with E-state index in [1.807, 2.05) is 0 Å². The van der Waals surface area contributed by atoms with Gasteiger partial charge >= 0.3 is 5.97 Å². The van der Waals surface area contributed by atoms with E-state index in [-0.39, 0.29) is 23.4 Å². The van der Waals surface area contributed by atoms with E-state index in [9.17, 15) is 20.0 Å². The minimum atomic E-state index is -1.21. The highest BCUT2D eigenvalue weighted by atomic mass is 16.8. The van der Waals surface area contributed by atoms with Gasteiger partial charge < -0.3 is 25.1 Å². The molecule has 144 valence electrons. The molecule has 9 nitrogen and oxygen atoms in total. The lowest BCUT2D eigenvalue weighted by Gasteiger charge is -2.19. The van der Waals surface area contributed by atoms with Crippen LogP contribution in [0.5, 0.6) is 11.5 Å². The minimum absolute atomic E-state index is 0.00973. The van der Waals surface area contributed by atoms with Crippen molar-refractivity contribution in [2.75, 3.05) is 6.79 Å². The predicted octanol–water partition coefficient (Wildman–Crippen LogP) is 1.33. The van der Waals surface area contributed by atoms with Crippen LogP contribution in [-0.2, 0) is 4.79 Å². The zero-order valence-corrected chi connectivity index (χ0v) is 14.7. The third-order valence-corrected chi connectivity index (χ3v) is 4.66. The molecular weight excluding hydrogens is 368 g/mol. The Labute approximate surface area is 158 Å². The number of carboxylic acid groups (broad SMARTS) is 1. The van der Waals surface area contributed by atoms with E-state index in [1.54, 1.807) is 24.3 Å². The molecule has 0 saturated heterocycles. The topological polar surface area (TPSA) is 133 Å². The number of carboxylic acids is 1. The van der Waals surface area contributed by atoms with Gasteiger partial charge in [0, 0.05) is 11.5 Å². The molecule has 0 aliphatic carbocycles. The molecule has 2 atom stereocenters. The summed E-state index contributed by atoms with van der Waals surface area (Å²) < 4.78 is 11.0. The lowest BCUT2D eigenvalue weighted by Crippen LogP contribution is -2.99. The van der Waals surface area contributed by atoms with Crippen molar-refractivity contribution in [2.24, 2.45) is 0 Å². The minimum Gasteiger partial charge on any atom is -0.595 e. The van der Waals surface area contributed by atoms with Crippen LogP contribution < -0.4 is 20.0 Å². The van der Waals surface area contributed by atoms with E-state index in [0.717, 1.165) is 0 Å². The van der Waals surface area contributed by atoms with Gasteiger partial charge in [0.1, 0.15) is 6.04 Å². The van der Waals surface area contributed by atoms with E-state index in [0.29, 0.717) is 27.7 Å². The Bertz CT molecular complexity index is 1130. The van der Waals surface area contributed by atoms with Gasteiger partial charge in [0.2, 0.25) is 6.79 Å². The highest BCUT2D eigenvalue weighted by Crippen LogP contribution is 2.46. The SMILES string of the molecule is C[C@@H](NC(=O)c1cc2c(c3c1c([NH+]([O-])O)cc1ccccc13)OCO2)C(=O)O. The molecule has 0 saturated carbocycles. The fraction of sp³-hybridized carbons (Fsp3) is 0.158. The Balaban J connectivity index is 2.08. The predicted molar refractivity (Wildman–Crippen MR) is 97.9 cm³/mol. The number of aliphatic carboxylic acids is 1. The standard InChI is InChI=1S/C19H16N2O7/c1-9(19(23)24)20-18(22)12-7-14-17(28-8-27-14)16-11-5-3-2-4-10(11)6-13(15(12)16)21(25)26/h2-7,9,21,25H,8H2,1H3,(H,20,22)(H,23,24)/t9-/m1/s1. The second-order valence-electron chi connectivity index (χ2n) is 6.39. The maximum absolute atomic E-state index is 12.8. The van der Waals surface area contributed by atoms with Crippen molar-refractivity contribution < 1.29 is 34.6 Å². The number of nitrogens with one attached hydrogen (secondary N) is 2. The second-order valence-corrected chi connectivity index (χ2v) is 6.39. The molecule has 0 radical (unpaired) electrons. The van der Waals surface area contributed by atoms with Crippen LogP contribution in [0.1, 0.15) is 17.3 Å². The molecule has 4 N–H and O–H groups in total. The molecule has 1 aliphatic heterocycles. The second kappa shape index (κ2) is 6.64. The van der Waals surface area contributed by atoms with Crippen LogP contribution in [0.25, 0.3) is 21.5 Å². The number of hydrogen-bond donors (Lipinski definition) is 4. The summed E-state index contributed by atoms with van der Waals surface area (Å²) in [6.45, 7) is 1.26. The van der Waals surface area contributed by atoms with Crippen LogP contribution in [0.4, 0.5) is 5.69 Å². The van der Waals surface area contributed by atoms with Crippen molar-refractivity contribution in [3.63, 3.8) is 0 Å². The molecule has 1 aliphatic rings. The van der Waals surface area contributed by atoms with E-state index >= 15 is 0 Å². The highest BCUT2D eigenvalue weighted by Gasteiger charge is 2.29. The third kappa shape index (κ3) is 2.78. The molecule has 0 spiro atoms. The first-order valence-electron chi connectivity index (χ1n) is 8.43. The van der Waals surface area contributed by atoms with E-state index in [2.05, 4.69) is 5.32 Å². The molecule has 1 heterocycles. The van der Waals surface area contributed by atoms with Crippen molar-refractivity contribution in [1.29, 1.82) is 0 Å². The number of quaternary nitrogens is 1. The molecule has 3 aromatic carbocycles. The molecule has 4 rings (SSSR count). The van der Waals surface area contributed by atoms with Crippen LogP contribution in [-0.4, -0.2) is 35.0 Å². The number of ether oxygens (including phenoxy) is 2. The summed E-state index contributed by atoms with van der Waals surface area (Å²) in [6, 6.07) is 8.86. The monoisotopic (exact) mass is 384 g/mol. The van der Waals surface area contributed by atoms with Crippen molar-refractivity contribution in [3.8, 4) is 11.5 Å². The maximum Gasteiger partial charge on any atom is 0.325 e. The molecule has 0 fully saturated rings. The van der Waals surface area contributed by atoms with E-state index in [1.165, 1.54) is 19.1 Å². The van der Waals surface area contributed by atoms with Gasteiger partial charge in [-0.05, 0) is 23.8 Å². The number of fused-ring (bicyclic) bond motifs is 5. The Morgan fingerprint density at radius 1 is 1.21 bits per heavy atom. The third-order valence-electron chi connectivity index (χ3n) is 4.66. The van der Waals surface area contributed by atoms with Crippen molar-refractivity contribution in [2.45, 2.75) is 13.0 Å². The number of rotatable bonds is 4. The Hall–Kier alpha value is -3.40. The first kappa shape index (κ1) is 18.0. The normalized spacial score (nSPS) is 14.8. The van der Waals surface area contributed by atoms with Crippen LogP contribution in [0, 0.1) is 5.21 Å². The fourth-order valence-corrected chi connectivity index (χ4v) is 3.34. The lowest BCUT2D eigenvalue weighted by molar-refractivity contribution is -0.990. The number of hydrogen-bond acceptors (Lipinski definition) is 6. The van der Waals surface area contributed by atoms with Gasteiger partial charge in [-0.25, -0.2) is 5.21 Å². The molecule has 0 bridgehead atoms. The molecule has 0 aromatic heterocycles. The molecule has 1 amide bonds. The van der Waals surface area contributed by atoms with Crippen LogP contribution >= 0.6 is 0 Å². The summed E-state index contributed by atoms with van der Waals surface area (Å²) in [4.78, 5) is 23.9. The zero-order valence-electron chi connectivity index (χ0n) is 14.7. The van der Waals surface area contributed by atoms with Gasteiger partial charge in [0.25, 0.3) is 5.91 Å². The number of benzene rings is 3. The lowest BCUT2D eigenvalue weighted by atomic mass is 9.94. The summed E-state index contributed by atoms with van der Waals surface area (Å²) in [5.41, 5.74) is -0.0735. The van der Waals surface area contributed by atoms with Gasteiger partial charge in [-0.2, -0.15) is 5.23 Å². The van der Waals surface area contributed by atoms with Gasteiger partial charge in [-0.3, -0.25) is 9.59 Å². The number of amides is 1. The summed E-state index contributed by atoms with van der Waals surface area (Å²) in [7, 11) is 0. The average molecular weight is 384 g/mol. The number of carbonyl (C=O) groups is 2. The molecular formula is C19H16N2O7. The Kier molecular flexibility index (Phi) is 4.27. The van der Waals surface area contributed by atoms with Gasteiger partial charge in [-0.1, -0.05) is 24.3 Å². The molecule has 1 unspecified atom stereocenters. The van der Waals surface area contributed by atoms with Crippen molar-refractivity contribution in [3.05, 3.63) is 47.2 Å². The maximum atomic E-state index is 12.8. The highest BCUT2D eigenvalue weighted by molar-refractivity contribution is 6.22. The Morgan fingerprint density at radius 3 is 2.68 bits per heavy atom. The first-order chi connectivity index (χ1) is 13.4. The van der Waals surface area contributed by atoms with E-state index < -0.39 is 23.1 Å². The first-order valence-corrected chi connectivity index (χ1v) is 8.43. The molecule has 3 aromatic rings. The summed E-state index contributed by atoms with van der Waals surface area (Å²) in [6.07, 6.45) is 0. The summed E-state index contributed by atoms with van der Waals surface area (Å²) in [5.74, 6) is -1.26. The quantitative estimate of drug-likeness (QED) is 0.394. The van der Waals surface area contributed by atoms with Crippen LogP contribution in [0.2, 0.25) is 0 Å². The van der Waals surface area contributed by atoms with Gasteiger partial charge in [0.15, 0.2) is 17.2 Å². The fourth-order valence-electron chi connectivity index (χ4n) is 3.34. The molecule has 28 heavy (non-hydrogen) atoms. The van der Waals surface area contributed by atoms with Gasteiger partial charge in [0.05, 0.1) is 10.9 Å². The van der Waals surface area contributed by atoms with E-state index in [4.69, 9.17) is 14.6 Å². The smallest absolute Gasteiger partial charge is 0.325 e.